The van der Waals surface area contributed by atoms with E-state index in [2.05, 4.69) is 0 Å². The molecule has 192 valence electrons. The molecule has 0 aliphatic heterocycles. The second-order valence-electron chi connectivity index (χ2n) is 7.61. The van der Waals surface area contributed by atoms with Gasteiger partial charge >= 0.3 is 5.69 Å². The number of carbonyl (C=O) groups is 2. The third-order valence-electron chi connectivity index (χ3n) is 5.21. The summed E-state index contributed by atoms with van der Waals surface area (Å²) in [6.07, 6.45) is 0. The fraction of sp³-hybridized carbons (Fsp3) is 0.0370. The monoisotopic (exact) mass is 534 g/mol. The van der Waals surface area contributed by atoms with Crippen molar-refractivity contribution < 1.29 is 29.3 Å². The van der Waals surface area contributed by atoms with Crippen molar-refractivity contribution in [2.24, 2.45) is 0 Å². The summed E-state index contributed by atoms with van der Waals surface area (Å²) in [5.41, 5.74) is 0.376. The number of aromatic hydroxyl groups is 1. The average molecular weight is 535 g/mol. The van der Waals surface area contributed by atoms with Gasteiger partial charge in [0.15, 0.2) is 17.3 Å². The number of hydrogen-bond donors (Lipinski definition) is 1. The summed E-state index contributed by atoms with van der Waals surface area (Å²) in [7, 11) is 1.24. The number of ketones is 2. The Hall–Kier alpha value is -5.09. The van der Waals surface area contributed by atoms with E-state index in [9.17, 15) is 34.9 Å². The number of hydrogen-bond acceptors (Lipinski definition) is 8. The zero-order valence-corrected chi connectivity index (χ0v) is 20.5. The van der Waals surface area contributed by atoms with Gasteiger partial charge in [-0.15, -0.1) is 0 Å². The first-order valence-corrected chi connectivity index (χ1v) is 11.2. The molecule has 1 N–H and O–H groups in total. The first kappa shape index (κ1) is 27.5. The Kier molecular flexibility index (Phi) is 8.86. The molecule has 0 saturated heterocycles. The number of nitrogens with zero attached hydrogens (tertiary/aromatic N) is 2. The van der Waals surface area contributed by atoms with Gasteiger partial charge in [0.05, 0.1) is 22.0 Å². The zero-order valence-electron chi connectivity index (χ0n) is 19.7. The lowest BCUT2D eigenvalue weighted by Crippen LogP contribution is -2.04. The van der Waals surface area contributed by atoms with Crippen molar-refractivity contribution in [2.75, 3.05) is 7.11 Å². The Morgan fingerprint density at radius 1 is 0.763 bits per heavy atom. The first-order valence-electron chi connectivity index (χ1n) is 10.8. The molecule has 4 aromatic rings. The summed E-state index contributed by atoms with van der Waals surface area (Å²) in [5.74, 6) is -1.49. The van der Waals surface area contributed by atoms with Gasteiger partial charge in [-0.3, -0.25) is 29.8 Å². The molecule has 0 spiro atoms. The molecule has 0 amide bonds. The number of phenols is 1. The van der Waals surface area contributed by atoms with Crippen LogP contribution in [-0.4, -0.2) is 33.6 Å². The fourth-order valence-corrected chi connectivity index (χ4v) is 3.56. The van der Waals surface area contributed by atoms with Crippen LogP contribution in [0.15, 0.2) is 91.0 Å². The average Bonchev–Trinajstić information content (AvgIpc) is 2.93. The van der Waals surface area contributed by atoms with E-state index in [-0.39, 0.29) is 33.4 Å². The number of ether oxygens (including phenoxy) is 1. The lowest BCUT2D eigenvalue weighted by Gasteiger charge is -2.08. The number of benzene rings is 4. The molecule has 10 nitrogen and oxygen atoms in total. The number of rotatable bonds is 7. The van der Waals surface area contributed by atoms with Gasteiger partial charge < -0.3 is 9.84 Å². The van der Waals surface area contributed by atoms with Gasteiger partial charge in [0, 0.05) is 40.5 Å². The van der Waals surface area contributed by atoms with E-state index < -0.39 is 27.1 Å². The van der Waals surface area contributed by atoms with Gasteiger partial charge in [0.25, 0.3) is 5.69 Å². The minimum atomic E-state index is -0.790. The molecular weight excluding hydrogens is 516 g/mol. The minimum Gasteiger partial charge on any atom is -0.500 e. The van der Waals surface area contributed by atoms with Crippen molar-refractivity contribution in [3.8, 4) is 11.5 Å². The molecule has 4 aromatic carbocycles. The summed E-state index contributed by atoms with van der Waals surface area (Å²) in [5, 5.41) is 31.4. The number of nitro benzene ring substituents is 2. The molecule has 0 unspecified atom stereocenters. The van der Waals surface area contributed by atoms with E-state index in [0.717, 1.165) is 6.07 Å². The quantitative estimate of drug-likeness (QED) is 0.172. The van der Waals surface area contributed by atoms with Crippen molar-refractivity contribution in [2.45, 2.75) is 0 Å². The largest absolute Gasteiger partial charge is 0.500 e. The number of nitro groups is 2. The van der Waals surface area contributed by atoms with Gasteiger partial charge in [0.2, 0.25) is 5.75 Å². The highest BCUT2D eigenvalue weighted by Gasteiger charge is 2.23. The van der Waals surface area contributed by atoms with E-state index in [1.54, 1.807) is 48.5 Å². The lowest BCUT2D eigenvalue weighted by atomic mass is 10.0. The Balaban J connectivity index is 0.000000215. The van der Waals surface area contributed by atoms with Crippen LogP contribution in [0.1, 0.15) is 31.8 Å². The van der Waals surface area contributed by atoms with Gasteiger partial charge in [-0.05, 0) is 18.2 Å². The topological polar surface area (TPSA) is 150 Å². The van der Waals surface area contributed by atoms with Crippen LogP contribution in [0.25, 0.3) is 0 Å². The SMILES string of the molecule is COc1cc(C(=O)c2ccccc2Cl)cc([N+](=O)[O-])c1O.O=C(c1ccccc1)c1cccc([N+](=O)[O-])c1. The Morgan fingerprint density at radius 3 is 2.00 bits per heavy atom. The summed E-state index contributed by atoms with van der Waals surface area (Å²) < 4.78 is 4.85. The number of carbonyl (C=O) groups excluding carboxylic acids is 2. The molecule has 11 heteroatoms. The van der Waals surface area contributed by atoms with Crippen LogP contribution in [-0.2, 0) is 0 Å². The molecule has 0 fully saturated rings. The smallest absolute Gasteiger partial charge is 0.315 e. The van der Waals surface area contributed by atoms with Crippen LogP contribution in [0.2, 0.25) is 5.02 Å². The Bertz CT molecular complexity index is 1520. The van der Waals surface area contributed by atoms with Crippen LogP contribution in [0, 0.1) is 20.2 Å². The maximum atomic E-state index is 12.4. The standard InChI is InChI=1S/C14H10ClNO5.C13H9NO3/c1-21-12-7-8(6-11(14(12)18)16(19)20)13(17)9-4-2-3-5-10(9)15;15-13(10-5-2-1-3-6-10)11-7-4-8-12(9-11)14(16)17/h2-7,18H,1H3;1-9H. The van der Waals surface area contributed by atoms with E-state index >= 15 is 0 Å². The lowest BCUT2D eigenvalue weighted by molar-refractivity contribution is -0.386. The predicted octanol–water partition coefficient (Wildman–Crippen LogP) is 6.02. The van der Waals surface area contributed by atoms with Crippen molar-refractivity contribution in [3.05, 3.63) is 139 Å². The van der Waals surface area contributed by atoms with Gasteiger partial charge in [-0.1, -0.05) is 66.2 Å². The summed E-state index contributed by atoms with van der Waals surface area (Å²) in [4.78, 5) is 44.6. The van der Waals surface area contributed by atoms with E-state index in [4.69, 9.17) is 16.3 Å². The van der Waals surface area contributed by atoms with Crippen LogP contribution in [0.5, 0.6) is 11.5 Å². The highest BCUT2D eigenvalue weighted by Crippen LogP contribution is 2.37. The highest BCUT2D eigenvalue weighted by molar-refractivity contribution is 6.35. The van der Waals surface area contributed by atoms with Crippen LogP contribution in [0.3, 0.4) is 0 Å². The summed E-state index contributed by atoms with van der Waals surface area (Å²) >= 11 is 5.94. The number of phenolic OH excluding ortho intramolecular Hbond substituents is 1. The molecule has 38 heavy (non-hydrogen) atoms. The van der Waals surface area contributed by atoms with Crippen molar-refractivity contribution >= 4 is 34.5 Å². The Labute approximate surface area is 221 Å². The highest BCUT2D eigenvalue weighted by atomic mass is 35.5. The summed E-state index contributed by atoms with van der Waals surface area (Å²) in [6.45, 7) is 0. The number of methoxy groups -OCH3 is 1. The third kappa shape index (κ3) is 6.37. The second-order valence-corrected chi connectivity index (χ2v) is 8.02. The van der Waals surface area contributed by atoms with Crippen LogP contribution in [0.4, 0.5) is 11.4 Å². The molecular formula is C27H19ClN2O8. The maximum absolute atomic E-state index is 12.4. The number of non-ortho nitro benzene ring substituents is 1. The maximum Gasteiger partial charge on any atom is 0.315 e. The third-order valence-corrected chi connectivity index (χ3v) is 5.54. The van der Waals surface area contributed by atoms with Crippen molar-refractivity contribution in [1.82, 2.24) is 0 Å². The van der Waals surface area contributed by atoms with Gasteiger partial charge in [-0.25, -0.2) is 0 Å². The van der Waals surface area contributed by atoms with Gasteiger partial charge in [-0.2, -0.15) is 0 Å². The molecule has 0 atom stereocenters. The van der Waals surface area contributed by atoms with Crippen LogP contribution < -0.4 is 4.74 Å². The molecule has 0 aliphatic carbocycles. The number of halogens is 1. The van der Waals surface area contributed by atoms with Gasteiger partial charge in [0.1, 0.15) is 0 Å². The molecule has 0 bridgehead atoms. The van der Waals surface area contributed by atoms with Crippen molar-refractivity contribution in [3.63, 3.8) is 0 Å². The first-order chi connectivity index (χ1) is 18.1. The Morgan fingerprint density at radius 2 is 1.39 bits per heavy atom. The van der Waals surface area contributed by atoms with Crippen LogP contribution >= 0.6 is 11.6 Å². The second kappa shape index (κ2) is 12.2. The molecule has 0 aliphatic rings. The van der Waals surface area contributed by atoms with Crippen molar-refractivity contribution in [1.29, 1.82) is 0 Å². The zero-order chi connectivity index (χ0) is 27.8. The van der Waals surface area contributed by atoms with E-state index in [1.165, 1.54) is 37.4 Å². The molecule has 0 heterocycles. The normalized spacial score (nSPS) is 10.1. The minimum absolute atomic E-state index is 0.00412. The molecule has 0 aromatic heterocycles. The van der Waals surface area contributed by atoms with E-state index in [0.29, 0.717) is 11.1 Å². The van der Waals surface area contributed by atoms with E-state index in [1.807, 2.05) is 6.07 Å². The fourth-order valence-electron chi connectivity index (χ4n) is 3.34. The molecule has 0 radical (unpaired) electrons. The molecule has 0 saturated carbocycles. The predicted molar refractivity (Wildman–Crippen MR) is 139 cm³/mol. The molecule has 4 rings (SSSR count). The summed E-state index contributed by atoms with van der Waals surface area (Å²) in [6, 6.07) is 23.0.